The summed E-state index contributed by atoms with van der Waals surface area (Å²) >= 11 is 0. The van der Waals surface area contributed by atoms with Crippen LogP contribution in [-0.4, -0.2) is 34.9 Å². The zero-order valence-electron chi connectivity index (χ0n) is 11.5. The molecule has 1 aromatic heterocycles. The maximum absolute atomic E-state index is 12.4. The minimum Gasteiger partial charge on any atom is -0.281 e. The molecule has 0 saturated carbocycles. The first-order chi connectivity index (χ1) is 9.82. The predicted molar refractivity (Wildman–Crippen MR) is 75.1 cm³/mol. The molecule has 8 nitrogen and oxygen atoms in total. The number of rotatable bonds is 5. The van der Waals surface area contributed by atoms with Gasteiger partial charge >= 0.3 is 0 Å². The number of hydrogen-bond donors (Lipinski definition) is 1. The standard InChI is InChI=1S/C12H14N4O4S/c1-9-12(7-13-14-9)21(19,20)15(2)8-10-4-3-5-11(6-10)16(17)18/h3-7H,8H2,1-2H3,(H,13,14). The number of nitrogens with one attached hydrogen (secondary N) is 1. The van der Waals surface area contributed by atoms with Crippen molar-refractivity contribution in [2.75, 3.05) is 7.05 Å². The quantitative estimate of drug-likeness (QED) is 0.664. The van der Waals surface area contributed by atoms with E-state index in [-0.39, 0.29) is 17.1 Å². The molecule has 0 bridgehead atoms. The van der Waals surface area contributed by atoms with Crippen molar-refractivity contribution in [1.82, 2.24) is 14.5 Å². The number of non-ortho nitro benzene ring substituents is 1. The van der Waals surface area contributed by atoms with Gasteiger partial charge in [0.25, 0.3) is 5.69 Å². The molecule has 0 aliphatic rings. The van der Waals surface area contributed by atoms with E-state index in [2.05, 4.69) is 10.2 Å². The summed E-state index contributed by atoms with van der Waals surface area (Å²) in [5.74, 6) is 0. The van der Waals surface area contributed by atoms with Crippen LogP contribution in [0.25, 0.3) is 0 Å². The van der Waals surface area contributed by atoms with Crippen LogP contribution >= 0.6 is 0 Å². The average molecular weight is 310 g/mol. The number of H-pyrrole nitrogens is 1. The highest BCUT2D eigenvalue weighted by Gasteiger charge is 2.24. The van der Waals surface area contributed by atoms with Crippen molar-refractivity contribution in [2.45, 2.75) is 18.4 Å². The van der Waals surface area contributed by atoms with E-state index in [0.29, 0.717) is 11.3 Å². The second-order valence-electron chi connectivity index (χ2n) is 4.55. The van der Waals surface area contributed by atoms with Gasteiger partial charge in [0.05, 0.1) is 16.8 Å². The number of nitrogens with zero attached hydrogens (tertiary/aromatic N) is 3. The summed E-state index contributed by atoms with van der Waals surface area (Å²) < 4.78 is 25.9. The van der Waals surface area contributed by atoms with Crippen LogP contribution in [0.5, 0.6) is 0 Å². The summed E-state index contributed by atoms with van der Waals surface area (Å²) in [6.45, 7) is 1.65. The third kappa shape index (κ3) is 3.09. The van der Waals surface area contributed by atoms with Crippen molar-refractivity contribution in [1.29, 1.82) is 0 Å². The highest BCUT2D eigenvalue weighted by Crippen LogP contribution is 2.20. The van der Waals surface area contributed by atoms with Crippen LogP contribution in [0.2, 0.25) is 0 Å². The maximum atomic E-state index is 12.4. The molecule has 2 rings (SSSR count). The molecule has 0 unspecified atom stereocenters. The number of benzene rings is 1. The van der Waals surface area contributed by atoms with Gasteiger partial charge in [0.2, 0.25) is 10.0 Å². The molecule has 21 heavy (non-hydrogen) atoms. The molecular formula is C12H14N4O4S. The Labute approximate surface area is 121 Å². The second kappa shape index (κ2) is 5.62. The summed E-state index contributed by atoms with van der Waals surface area (Å²) in [5, 5.41) is 17.0. The first-order valence-electron chi connectivity index (χ1n) is 6.02. The molecule has 0 atom stereocenters. The molecule has 2 aromatic rings. The Morgan fingerprint density at radius 3 is 2.71 bits per heavy atom. The monoisotopic (exact) mass is 310 g/mol. The predicted octanol–water partition coefficient (Wildman–Crippen LogP) is 1.45. The van der Waals surface area contributed by atoms with Crippen molar-refractivity contribution < 1.29 is 13.3 Å². The van der Waals surface area contributed by atoms with Gasteiger partial charge in [-0.15, -0.1) is 0 Å². The van der Waals surface area contributed by atoms with E-state index in [0.717, 1.165) is 4.31 Å². The van der Waals surface area contributed by atoms with Crippen LogP contribution in [0, 0.1) is 17.0 Å². The first-order valence-corrected chi connectivity index (χ1v) is 7.46. The zero-order valence-corrected chi connectivity index (χ0v) is 12.3. The summed E-state index contributed by atoms with van der Waals surface area (Å²) in [6.07, 6.45) is 1.24. The van der Waals surface area contributed by atoms with E-state index < -0.39 is 14.9 Å². The van der Waals surface area contributed by atoms with Gasteiger partial charge in [-0.1, -0.05) is 12.1 Å². The summed E-state index contributed by atoms with van der Waals surface area (Å²) in [4.78, 5) is 10.3. The average Bonchev–Trinajstić information content (AvgIpc) is 2.86. The maximum Gasteiger partial charge on any atom is 0.269 e. The highest BCUT2D eigenvalue weighted by atomic mass is 32.2. The van der Waals surface area contributed by atoms with E-state index in [9.17, 15) is 18.5 Å². The molecule has 9 heteroatoms. The van der Waals surface area contributed by atoms with Crippen LogP contribution in [0.3, 0.4) is 0 Å². The number of hydrogen-bond acceptors (Lipinski definition) is 5. The molecule has 0 saturated heterocycles. The molecule has 0 fully saturated rings. The number of nitro benzene ring substituents is 1. The van der Waals surface area contributed by atoms with E-state index >= 15 is 0 Å². The Morgan fingerprint density at radius 1 is 1.43 bits per heavy atom. The Hall–Kier alpha value is -2.26. The Balaban J connectivity index is 2.26. The SMILES string of the molecule is Cc1[nH]ncc1S(=O)(=O)N(C)Cc1cccc([N+](=O)[O-])c1. The third-order valence-electron chi connectivity index (χ3n) is 3.00. The largest absolute Gasteiger partial charge is 0.281 e. The lowest BCUT2D eigenvalue weighted by atomic mass is 10.2. The minimum absolute atomic E-state index is 0.0363. The number of sulfonamides is 1. The molecule has 0 radical (unpaired) electrons. The van der Waals surface area contributed by atoms with Crippen molar-refractivity contribution in [2.24, 2.45) is 0 Å². The van der Waals surface area contributed by atoms with Gasteiger partial charge < -0.3 is 0 Å². The van der Waals surface area contributed by atoms with E-state index in [4.69, 9.17) is 0 Å². The third-order valence-corrected chi connectivity index (χ3v) is 4.92. The molecule has 0 aliphatic carbocycles. The van der Waals surface area contributed by atoms with Crippen molar-refractivity contribution >= 4 is 15.7 Å². The van der Waals surface area contributed by atoms with Gasteiger partial charge in [-0.25, -0.2) is 8.42 Å². The summed E-state index contributed by atoms with van der Waals surface area (Å²) in [7, 11) is -2.27. The topological polar surface area (TPSA) is 109 Å². The van der Waals surface area contributed by atoms with Gasteiger partial charge in [0, 0.05) is 25.7 Å². The van der Waals surface area contributed by atoms with E-state index in [1.54, 1.807) is 13.0 Å². The van der Waals surface area contributed by atoms with Crippen molar-refractivity contribution in [3.05, 3.63) is 51.8 Å². The van der Waals surface area contributed by atoms with E-state index in [1.807, 2.05) is 0 Å². The van der Waals surface area contributed by atoms with Crippen LogP contribution in [-0.2, 0) is 16.6 Å². The lowest BCUT2D eigenvalue weighted by molar-refractivity contribution is -0.384. The Kier molecular flexibility index (Phi) is 4.05. The molecule has 1 N–H and O–H groups in total. The molecule has 0 aliphatic heterocycles. The molecule has 112 valence electrons. The van der Waals surface area contributed by atoms with Gasteiger partial charge in [-0.2, -0.15) is 9.40 Å². The lowest BCUT2D eigenvalue weighted by Crippen LogP contribution is -2.26. The second-order valence-corrected chi connectivity index (χ2v) is 6.56. The summed E-state index contributed by atoms with van der Waals surface area (Å²) in [5.41, 5.74) is 0.912. The Morgan fingerprint density at radius 2 is 2.14 bits per heavy atom. The smallest absolute Gasteiger partial charge is 0.269 e. The first kappa shape index (κ1) is 15.1. The van der Waals surface area contributed by atoms with Gasteiger partial charge in [0.1, 0.15) is 4.90 Å². The molecular weight excluding hydrogens is 296 g/mol. The molecule has 0 spiro atoms. The lowest BCUT2D eigenvalue weighted by Gasteiger charge is -2.16. The van der Waals surface area contributed by atoms with Crippen molar-refractivity contribution in [3.8, 4) is 0 Å². The number of aromatic nitrogens is 2. The normalized spacial score (nSPS) is 11.8. The van der Waals surface area contributed by atoms with Gasteiger partial charge in [-0.3, -0.25) is 15.2 Å². The van der Waals surface area contributed by atoms with Gasteiger partial charge in [0.15, 0.2) is 0 Å². The molecule has 0 amide bonds. The minimum atomic E-state index is -3.69. The Bertz CT molecular complexity index is 769. The van der Waals surface area contributed by atoms with E-state index in [1.165, 1.54) is 31.4 Å². The van der Waals surface area contributed by atoms with Crippen molar-refractivity contribution in [3.63, 3.8) is 0 Å². The number of aryl methyl sites for hydroxylation is 1. The molecule has 1 heterocycles. The zero-order chi connectivity index (χ0) is 15.6. The fourth-order valence-electron chi connectivity index (χ4n) is 1.88. The fraction of sp³-hybridized carbons (Fsp3) is 0.250. The molecule has 1 aromatic carbocycles. The van der Waals surface area contributed by atoms with Gasteiger partial charge in [-0.05, 0) is 12.5 Å². The fourth-order valence-corrected chi connectivity index (χ4v) is 3.15. The van der Waals surface area contributed by atoms with Crippen LogP contribution in [0.1, 0.15) is 11.3 Å². The van der Waals surface area contributed by atoms with Crippen LogP contribution in [0.4, 0.5) is 5.69 Å². The number of aromatic amines is 1. The number of nitro groups is 1. The summed E-state index contributed by atoms with van der Waals surface area (Å²) in [6, 6.07) is 5.88. The highest BCUT2D eigenvalue weighted by molar-refractivity contribution is 7.89. The van der Waals surface area contributed by atoms with Crippen LogP contribution in [0.15, 0.2) is 35.4 Å². The van der Waals surface area contributed by atoms with Crippen LogP contribution < -0.4 is 0 Å².